The van der Waals surface area contributed by atoms with Crippen molar-refractivity contribution in [2.45, 2.75) is 71.1 Å². The molecule has 0 unspecified atom stereocenters. The van der Waals surface area contributed by atoms with Crippen LogP contribution in [0.15, 0.2) is 0 Å². The van der Waals surface area contributed by atoms with Gasteiger partial charge in [-0.1, -0.05) is 64.7 Å². The molecule has 0 fully saturated rings. The quantitative estimate of drug-likeness (QED) is 0.104. The fourth-order valence-corrected chi connectivity index (χ4v) is 3.48. The van der Waals surface area contributed by atoms with E-state index in [1.165, 1.54) is 57.8 Å². The van der Waals surface area contributed by atoms with Crippen LogP contribution >= 0.6 is 0 Å². The highest BCUT2D eigenvalue weighted by atomic mass is 16.6. The summed E-state index contributed by atoms with van der Waals surface area (Å²) in [5.41, 5.74) is 0. The Labute approximate surface area is 233 Å². The largest absolute Gasteiger partial charge is 0.382 e. The molecule has 0 rings (SSSR count). The van der Waals surface area contributed by atoms with E-state index >= 15 is 0 Å². The molecule has 9 nitrogen and oxygen atoms in total. The number of hydrogen-bond acceptors (Lipinski definition) is 9. The number of hydrogen-bond donors (Lipinski definition) is 0. The Morgan fingerprint density at radius 1 is 0.263 bits per heavy atom. The zero-order chi connectivity index (χ0) is 27.5. The zero-order valence-corrected chi connectivity index (χ0v) is 24.8. The first-order valence-corrected chi connectivity index (χ1v) is 15.0. The second kappa shape index (κ2) is 36.6. The number of rotatable bonds is 35. The first-order chi connectivity index (χ1) is 18.9. The number of methoxy groups -OCH3 is 1. The lowest BCUT2D eigenvalue weighted by Gasteiger charge is -2.08. The van der Waals surface area contributed by atoms with Crippen molar-refractivity contribution in [3.63, 3.8) is 0 Å². The monoisotopic (exact) mass is 552 g/mol. The Morgan fingerprint density at radius 3 is 0.789 bits per heavy atom. The highest BCUT2D eigenvalue weighted by Crippen LogP contribution is 2.10. The minimum Gasteiger partial charge on any atom is -0.382 e. The topological polar surface area (TPSA) is 83.1 Å². The summed E-state index contributed by atoms with van der Waals surface area (Å²) in [5, 5.41) is 0. The second-order valence-corrected chi connectivity index (χ2v) is 9.07. The summed E-state index contributed by atoms with van der Waals surface area (Å²) in [4.78, 5) is 0. The van der Waals surface area contributed by atoms with Gasteiger partial charge in [0.1, 0.15) is 0 Å². The minimum absolute atomic E-state index is 0.542. The van der Waals surface area contributed by atoms with Crippen LogP contribution < -0.4 is 0 Å². The first kappa shape index (κ1) is 37.6. The van der Waals surface area contributed by atoms with Crippen molar-refractivity contribution in [1.82, 2.24) is 0 Å². The lowest BCUT2D eigenvalue weighted by molar-refractivity contribution is -0.0243. The van der Waals surface area contributed by atoms with Crippen molar-refractivity contribution < 1.29 is 42.6 Å². The zero-order valence-electron chi connectivity index (χ0n) is 24.8. The molecule has 0 amide bonds. The summed E-state index contributed by atoms with van der Waals surface area (Å²) in [6.07, 6.45) is 13.5. The molecule has 0 aromatic rings. The SMILES string of the molecule is CCCCCCCCCCCCOCCOCCOCCOCCOCCOCCOCCOCCOC. The molecule has 0 heterocycles. The van der Waals surface area contributed by atoms with Crippen molar-refractivity contribution >= 4 is 0 Å². The molecule has 0 aliphatic rings. The van der Waals surface area contributed by atoms with Crippen molar-refractivity contribution in [2.24, 2.45) is 0 Å². The maximum absolute atomic E-state index is 5.63. The molecule has 230 valence electrons. The number of unbranched alkanes of at least 4 members (excludes halogenated alkanes) is 9. The second-order valence-electron chi connectivity index (χ2n) is 9.07. The first-order valence-electron chi connectivity index (χ1n) is 15.0. The van der Waals surface area contributed by atoms with Gasteiger partial charge < -0.3 is 42.6 Å². The third-order valence-corrected chi connectivity index (χ3v) is 5.68. The molecule has 0 radical (unpaired) electrons. The van der Waals surface area contributed by atoms with Gasteiger partial charge in [0.05, 0.1) is 106 Å². The predicted molar refractivity (Wildman–Crippen MR) is 150 cm³/mol. The van der Waals surface area contributed by atoms with E-state index < -0.39 is 0 Å². The molecule has 38 heavy (non-hydrogen) atoms. The van der Waals surface area contributed by atoms with Crippen LogP contribution in [0.1, 0.15) is 71.1 Å². The fraction of sp³-hybridized carbons (Fsp3) is 1.00. The van der Waals surface area contributed by atoms with E-state index in [-0.39, 0.29) is 0 Å². The molecule has 0 bridgehead atoms. The van der Waals surface area contributed by atoms with Crippen molar-refractivity contribution in [3.8, 4) is 0 Å². The van der Waals surface area contributed by atoms with E-state index in [1.807, 2.05) is 0 Å². The van der Waals surface area contributed by atoms with Gasteiger partial charge in [0.2, 0.25) is 0 Å². The molecule has 0 spiro atoms. The van der Waals surface area contributed by atoms with Crippen LogP contribution in [-0.2, 0) is 42.6 Å². The maximum atomic E-state index is 5.63. The summed E-state index contributed by atoms with van der Waals surface area (Å²) >= 11 is 0. The molecular weight excluding hydrogens is 492 g/mol. The van der Waals surface area contributed by atoms with Crippen LogP contribution in [0, 0.1) is 0 Å². The van der Waals surface area contributed by atoms with Gasteiger partial charge in [0, 0.05) is 13.7 Å². The Hall–Kier alpha value is -0.360. The Kier molecular flexibility index (Phi) is 36.3. The van der Waals surface area contributed by atoms with Crippen LogP contribution in [0.4, 0.5) is 0 Å². The minimum atomic E-state index is 0.542. The summed E-state index contributed by atoms with van der Waals surface area (Å²) in [5.74, 6) is 0. The Balaban J connectivity index is 3.01. The van der Waals surface area contributed by atoms with E-state index in [0.717, 1.165) is 13.0 Å². The van der Waals surface area contributed by atoms with E-state index in [0.29, 0.717) is 106 Å². The highest BCUT2D eigenvalue weighted by molar-refractivity contribution is 4.47. The summed E-state index contributed by atoms with van der Waals surface area (Å²) < 4.78 is 48.6. The van der Waals surface area contributed by atoms with Crippen LogP contribution in [0.2, 0.25) is 0 Å². The van der Waals surface area contributed by atoms with Gasteiger partial charge >= 0.3 is 0 Å². The van der Waals surface area contributed by atoms with E-state index in [2.05, 4.69) is 6.92 Å². The van der Waals surface area contributed by atoms with E-state index in [1.54, 1.807) is 7.11 Å². The van der Waals surface area contributed by atoms with E-state index in [4.69, 9.17) is 42.6 Å². The molecule has 0 aromatic carbocycles. The molecule has 0 N–H and O–H groups in total. The molecule has 0 aliphatic heterocycles. The highest BCUT2D eigenvalue weighted by Gasteiger charge is 1.96. The van der Waals surface area contributed by atoms with Crippen LogP contribution in [0.25, 0.3) is 0 Å². The predicted octanol–water partition coefficient (Wildman–Crippen LogP) is 4.69. The smallest absolute Gasteiger partial charge is 0.0701 e. The average Bonchev–Trinajstić information content (AvgIpc) is 2.93. The van der Waals surface area contributed by atoms with Gasteiger partial charge in [-0.2, -0.15) is 0 Å². The lowest BCUT2D eigenvalue weighted by Crippen LogP contribution is -2.15. The summed E-state index contributed by atoms with van der Waals surface area (Å²) in [7, 11) is 1.65. The molecule has 0 atom stereocenters. The van der Waals surface area contributed by atoms with Gasteiger partial charge in [-0.25, -0.2) is 0 Å². The standard InChI is InChI=1S/C29H60O9/c1-3-4-5-6-7-8-9-10-11-12-13-31-16-17-33-20-21-35-24-25-37-28-29-38-27-26-36-23-22-34-19-18-32-15-14-30-2/h3-29H2,1-2H3. The van der Waals surface area contributed by atoms with Crippen molar-refractivity contribution in [3.05, 3.63) is 0 Å². The van der Waals surface area contributed by atoms with Gasteiger partial charge in [-0.05, 0) is 6.42 Å². The molecule has 0 aromatic heterocycles. The van der Waals surface area contributed by atoms with Crippen LogP contribution in [-0.4, -0.2) is 119 Å². The van der Waals surface area contributed by atoms with Gasteiger partial charge in [-0.15, -0.1) is 0 Å². The van der Waals surface area contributed by atoms with Crippen molar-refractivity contribution in [2.75, 3.05) is 119 Å². The molecule has 0 saturated heterocycles. The van der Waals surface area contributed by atoms with Crippen LogP contribution in [0.5, 0.6) is 0 Å². The molecule has 0 saturated carbocycles. The normalized spacial score (nSPS) is 11.5. The summed E-state index contributed by atoms with van der Waals surface area (Å²) in [6, 6.07) is 0. The lowest BCUT2D eigenvalue weighted by atomic mass is 10.1. The fourth-order valence-electron chi connectivity index (χ4n) is 3.48. The third-order valence-electron chi connectivity index (χ3n) is 5.68. The Morgan fingerprint density at radius 2 is 0.500 bits per heavy atom. The molecular formula is C29H60O9. The average molecular weight is 553 g/mol. The van der Waals surface area contributed by atoms with Gasteiger partial charge in [0.15, 0.2) is 0 Å². The maximum Gasteiger partial charge on any atom is 0.0701 e. The Bertz CT molecular complexity index is 366. The van der Waals surface area contributed by atoms with Gasteiger partial charge in [-0.3, -0.25) is 0 Å². The van der Waals surface area contributed by atoms with Crippen molar-refractivity contribution in [1.29, 1.82) is 0 Å². The molecule has 9 heteroatoms. The molecule has 0 aliphatic carbocycles. The van der Waals surface area contributed by atoms with Crippen LogP contribution in [0.3, 0.4) is 0 Å². The van der Waals surface area contributed by atoms with E-state index in [9.17, 15) is 0 Å². The van der Waals surface area contributed by atoms with Gasteiger partial charge in [0.25, 0.3) is 0 Å². The third kappa shape index (κ3) is 35.6. The number of ether oxygens (including phenoxy) is 9. The summed E-state index contributed by atoms with van der Waals surface area (Å²) in [6.45, 7) is 12.2.